The minimum Gasteiger partial charge on any atom is -0.342 e. The van der Waals surface area contributed by atoms with Crippen LogP contribution in [0.5, 0.6) is 0 Å². The van der Waals surface area contributed by atoms with Gasteiger partial charge in [-0.3, -0.25) is 4.79 Å². The molecule has 2 unspecified atom stereocenters. The Balaban J connectivity index is 0.000000179. The van der Waals surface area contributed by atoms with Gasteiger partial charge >= 0.3 is 12.4 Å². The molecule has 0 N–H and O–H groups in total. The number of carbonyl (C=O) groups excluding carboxylic acids is 1. The van der Waals surface area contributed by atoms with Crippen LogP contribution < -0.4 is 0 Å². The van der Waals surface area contributed by atoms with E-state index in [9.17, 15) is 31.1 Å². The number of hydrogen-bond acceptors (Lipinski definition) is 2. The molecule has 4 aromatic rings. The largest absolute Gasteiger partial charge is 0.416 e. The molecule has 2 aliphatic carbocycles. The molecule has 9 heteroatoms. The molecule has 59 heavy (non-hydrogen) atoms. The average Bonchev–Trinajstić information content (AvgIpc) is 3.21. The van der Waals surface area contributed by atoms with Crippen LogP contribution in [0.15, 0.2) is 109 Å². The lowest BCUT2D eigenvalue weighted by Crippen LogP contribution is -2.53. The highest BCUT2D eigenvalue weighted by Crippen LogP contribution is 2.46. The van der Waals surface area contributed by atoms with E-state index in [-0.39, 0.29) is 11.3 Å². The lowest BCUT2D eigenvalue weighted by Gasteiger charge is -2.47. The Bertz CT molecular complexity index is 1920. The molecule has 2 aliphatic heterocycles. The van der Waals surface area contributed by atoms with Crippen LogP contribution in [0.1, 0.15) is 110 Å². The fourth-order valence-corrected chi connectivity index (χ4v) is 10.1. The average molecular weight is 817 g/mol. The molecule has 0 aromatic heterocycles. The first-order chi connectivity index (χ1) is 28.3. The van der Waals surface area contributed by atoms with Crippen molar-refractivity contribution in [3.05, 3.63) is 143 Å². The molecular formula is C50H58F6N2O. The van der Waals surface area contributed by atoms with Crippen molar-refractivity contribution < 1.29 is 31.1 Å². The summed E-state index contributed by atoms with van der Waals surface area (Å²) in [5.41, 5.74) is 3.36. The topological polar surface area (TPSA) is 23.6 Å². The highest BCUT2D eigenvalue weighted by atomic mass is 19.4. The summed E-state index contributed by atoms with van der Waals surface area (Å²) in [5.74, 6) is 1.30. The van der Waals surface area contributed by atoms with Gasteiger partial charge in [-0.2, -0.15) is 26.3 Å². The predicted molar refractivity (Wildman–Crippen MR) is 222 cm³/mol. The molecule has 4 fully saturated rings. The number of benzene rings is 4. The number of carbonyl (C=O) groups is 1. The zero-order valence-corrected chi connectivity index (χ0v) is 34.1. The number of aryl methyl sites for hydroxylation is 2. The van der Waals surface area contributed by atoms with Gasteiger partial charge in [0.25, 0.3) is 0 Å². The fraction of sp³-hybridized carbons (Fsp3) is 0.500. The van der Waals surface area contributed by atoms with E-state index in [1.165, 1.54) is 56.3 Å². The minimum absolute atomic E-state index is 0.263. The number of likely N-dealkylation sites (tertiary alicyclic amines) is 2. The van der Waals surface area contributed by atoms with Crippen molar-refractivity contribution in [1.82, 2.24) is 9.80 Å². The van der Waals surface area contributed by atoms with Crippen LogP contribution in [-0.2, 0) is 40.8 Å². The van der Waals surface area contributed by atoms with Gasteiger partial charge in [-0.05, 0) is 142 Å². The van der Waals surface area contributed by atoms with E-state index in [4.69, 9.17) is 0 Å². The van der Waals surface area contributed by atoms with Crippen LogP contribution in [0.4, 0.5) is 26.3 Å². The number of halogens is 6. The van der Waals surface area contributed by atoms with Gasteiger partial charge in [0, 0.05) is 31.6 Å². The summed E-state index contributed by atoms with van der Waals surface area (Å²) >= 11 is 0. The SMILES string of the molecule is FC(F)(F)c1ccc(CCC2CCCN(CC3(c4ccccc4)CCC3)C2)cc1.O=C(N1CCCC(CCc2ccc(C(F)(F)F)cc2)C1)C1(c2ccccc2)CCC1. The first-order valence-corrected chi connectivity index (χ1v) is 21.8. The first kappa shape index (κ1) is 43.0. The molecule has 0 radical (unpaired) electrons. The van der Waals surface area contributed by atoms with Crippen LogP contribution in [0.25, 0.3) is 0 Å². The predicted octanol–water partition coefficient (Wildman–Crippen LogP) is 12.5. The van der Waals surface area contributed by atoms with Gasteiger partial charge in [0.05, 0.1) is 16.5 Å². The molecule has 2 atom stereocenters. The summed E-state index contributed by atoms with van der Waals surface area (Å²) in [7, 11) is 0. The lowest BCUT2D eigenvalue weighted by atomic mass is 9.63. The van der Waals surface area contributed by atoms with E-state index >= 15 is 0 Å². The Morgan fingerprint density at radius 1 is 0.559 bits per heavy atom. The summed E-state index contributed by atoms with van der Waals surface area (Å²) in [5, 5.41) is 0. The van der Waals surface area contributed by atoms with Crippen molar-refractivity contribution in [3.8, 4) is 0 Å². The molecule has 4 aliphatic rings. The van der Waals surface area contributed by atoms with Gasteiger partial charge < -0.3 is 9.80 Å². The highest BCUT2D eigenvalue weighted by Gasteiger charge is 2.48. The van der Waals surface area contributed by atoms with Crippen LogP contribution >= 0.6 is 0 Å². The van der Waals surface area contributed by atoms with E-state index in [2.05, 4.69) is 47.4 Å². The number of nitrogens with zero attached hydrogens (tertiary/aromatic N) is 2. The molecular weight excluding hydrogens is 759 g/mol. The van der Waals surface area contributed by atoms with Crippen molar-refractivity contribution >= 4 is 5.91 Å². The summed E-state index contributed by atoms with van der Waals surface area (Å²) in [6, 6.07) is 32.3. The highest BCUT2D eigenvalue weighted by molar-refractivity contribution is 5.89. The van der Waals surface area contributed by atoms with E-state index in [1.807, 2.05) is 23.1 Å². The van der Waals surface area contributed by atoms with Crippen LogP contribution in [0.2, 0.25) is 0 Å². The zero-order chi connectivity index (χ0) is 41.5. The van der Waals surface area contributed by atoms with Gasteiger partial charge in [0.15, 0.2) is 0 Å². The fourth-order valence-electron chi connectivity index (χ4n) is 10.1. The second-order valence-corrected chi connectivity index (χ2v) is 17.8. The van der Waals surface area contributed by atoms with Crippen molar-refractivity contribution in [2.45, 2.75) is 113 Å². The van der Waals surface area contributed by atoms with Crippen LogP contribution in [0.3, 0.4) is 0 Å². The third kappa shape index (κ3) is 10.6. The van der Waals surface area contributed by atoms with Gasteiger partial charge in [-0.15, -0.1) is 0 Å². The number of amides is 1. The molecule has 2 saturated heterocycles. The standard InChI is InChI=1S/C25H28F3NO.C25H30F3N/c26-25(27,28)22-13-11-19(12-14-22)9-10-20-6-4-17-29(18-20)23(30)24(15-5-16-24)21-7-2-1-3-8-21;26-25(27,28)23-13-11-20(12-14-23)9-10-21-6-4-17-29(18-21)19-24(15-5-16-24)22-7-2-1-3-8-22/h1-3,7-8,11-14,20H,4-6,9-10,15-18H2;1-3,7-8,11-14,21H,4-6,9-10,15-19H2. The molecule has 3 nitrogen and oxygen atoms in total. The maximum absolute atomic E-state index is 13.5. The van der Waals surface area contributed by atoms with Crippen molar-refractivity contribution in [1.29, 1.82) is 0 Å². The molecule has 2 saturated carbocycles. The number of rotatable bonds is 11. The minimum atomic E-state index is -4.29. The Labute approximate surface area is 346 Å². The number of alkyl halides is 6. The Morgan fingerprint density at radius 2 is 1.03 bits per heavy atom. The van der Waals surface area contributed by atoms with E-state index < -0.39 is 23.5 Å². The second-order valence-electron chi connectivity index (χ2n) is 17.8. The summed E-state index contributed by atoms with van der Waals surface area (Å²) < 4.78 is 76.4. The van der Waals surface area contributed by atoms with E-state index in [1.54, 1.807) is 24.3 Å². The first-order valence-electron chi connectivity index (χ1n) is 21.8. The van der Waals surface area contributed by atoms with Crippen LogP contribution in [0, 0.1) is 11.8 Å². The monoisotopic (exact) mass is 816 g/mol. The molecule has 1 amide bonds. The normalized spacial score (nSPS) is 21.7. The maximum Gasteiger partial charge on any atom is 0.416 e. The third-order valence-electron chi connectivity index (χ3n) is 13.8. The summed E-state index contributed by atoms with van der Waals surface area (Å²) in [6.45, 7) is 5.01. The maximum atomic E-state index is 13.5. The van der Waals surface area contributed by atoms with E-state index in [0.717, 1.165) is 113 Å². The van der Waals surface area contributed by atoms with Crippen molar-refractivity contribution in [2.75, 3.05) is 32.7 Å². The second kappa shape index (κ2) is 18.7. The quantitative estimate of drug-likeness (QED) is 0.141. The van der Waals surface area contributed by atoms with Gasteiger partial charge in [-0.1, -0.05) is 97.8 Å². The summed E-state index contributed by atoms with van der Waals surface area (Å²) in [6.07, 6.45) is 6.35. The van der Waals surface area contributed by atoms with E-state index in [0.29, 0.717) is 17.3 Å². The van der Waals surface area contributed by atoms with Crippen LogP contribution in [-0.4, -0.2) is 48.4 Å². The van der Waals surface area contributed by atoms with Crippen molar-refractivity contribution in [3.63, 3.8) is 0 Å². The molecule has 0 bridgehead atoms. The smallest absolute Gasteiger partial charge is 0.342 e. The molecule has 0 spiro atoms. The van der Waals surface area contributed by atoms with Gasteiger partial charge in [0.1, 0.15) is 0 Å². The Hall–Kier alpha value is -4.11. The zero-order valence-electron chi connectivity index (χ0n) is 34.1. The lowest BCUT2D eigenvalue weighted by molar-refractivity contribution is -0.143. The molecule has 8 rings (SSSR count). The summed E-state index contributed by atoms with van der Waals surface area (Å²) in [4.78, 5) is 18.2. The van der Waals surface area contributed by atoms with Gasteiger partial charge in [0.2, 0.25) is 5.91 Å². The number of piperidine rings is 2. The Morgan fingerprint density at radius 3 is 1.49 bits per heavy atom. The Kier molecular flexibility index (Phi) is 13.6. The molecule has 4 aromatic carbocycles. The third-order valence-corrected chi connectivity index (χ3v) is 13.8. The van der Waals surface area contributed by atoms with Gasteiger partial charge in [-0.25, -0.2) is 0 Å². The number of hydrogen-bond donors (Lipinski definition) is 0. The molecule has 2 heterocycles. The molecule has 316 valence electrons. The van der Waals surface area contributed by atoms with Crippen molar-refractivity contribution in [2.24, 2.45) is 11.8 Å².